The molecule has 0 atom stereocenters. The number of sulfonamides is 2. The molecule has 0 fully saturated rings. The molecule has 0 saturated heterocycles. The first-order valence-corrected chi connectivity index (χ1v) is 10.1. The predicted octanol–water partition coefficient (Wildman–Crippen LogP) is 0.699. The van der Waals surface area contributed by atoms with Gasteiger partial charge in [-0.25, -0.2) is 25.5 Å². The summed E-state index contributed by atoms with van der Waals surface area (Å²) in [6.07, 6.45) is 0. The van der Waals surface area contributed by atoms with Crippen molar-refractivity contribution in [1.29, 1.82) is 0 Å². The average Bonchev–Trinajstić information content (AvgIpc) is 2.60. The minimum Gasteiger partial charge on any atom is -0.273 e. The second kappa shape index (κ2) is 7.50. The Morgan fingerprint density at radius 1 is 1.00 bits per heavy atom. The number of hydrogen-bond acceptors (Lipinski definition) is 5. The molecule has 0 spiro atoms. The Kier molecular flexibility index (Phi) is 5.76. The summed E-state index contributed by atoms with van der Waals surface area (Å²) < 4.78 is 62.8. The minimum absolute atomic E-state index is 0.0934. The Balaban J connectivity index is 2.20. The summed E-state index contributed by atoms with van der Waals surface area (Å²) in [6, 6.07) is 9.70. The summed E-state index contributed by atoms with van der Waals surface area (Å²) in [7, 11) is -5.41. The zero-order valence-electron chi connectivity index (χ0n) is 13.8. The van der Waals surface area contributed by atoms with E-state index >= 15 is 0 Å². The van der Waals surface area contributed by atoms with Gasteiger partial charge in [0.15, 0.2) is 0 Å². The van der Waals surface area contributed by atoms with Gasteiger partial charge in [-0.1, -0.05) is 18.2 Å². The molecule has 0 saturated carbocycles. The van der Waals surface area contributed by atoms with E-state index in [0.29, 0.717) is 0 Å². The Hall–Kier alpha value is -2.34. The molecule has 11 heteroatoms. The van der Waals surface area contributed by atoms with Crippen LogP contribution in [-0.2, 0) is 20.0 Å². The lowest BCUT2D eigenvalue weighted by Gasteiger charge is -2.12. The smallest absolute Gasteiger partial charge is 0.266 e. The molecule has 2 aromatic carbocycles. The van der Waals surface area contributed by atoms with E-state index in [1.54, 1.807) is 4.83 Å². The number of hydrazine groups is 1. The third-order valence-corrected chi connectivity index (χ3v) is 6.39. The van der Waals surface area contributed by atoms with Gasteiger partial charge in [-0.3, -0.25) is 10.2 Å². The average molecular weight is 401 g/mol. The highest BCUT2D eigenvalue weighted by molar-refractivity contribution is 7.89. The van der Waals surface area contributed by atoms with E-state index in [2.05, 4.69) is 0 Å². The maximum atomic E-state index is 13.6. The fraction of sp³-hybridized carbons (Fsp3) is 0.133. The van der Waals surface area contributed by atoms with Crippen LogP contribution in [0.1, 0.15) is 10.4 Å². The normalized spacial score (nSPS) is 12.2. The summed E-state index contributed by atoms with van der Waals surface area (Å²) >= 11 is 0. The van der Waals surface area contributed by atoms with Gasteiger partial charge in [-0.05, 0) is 30.3 Å². The fourth-order valence-corrected chi connectivity index (χ4v) is 3.78. The van der Waals surface area contributed by atoms with Crippen LogP contribution in [0.2, 0.25) is 0 Å². The van der Waals surface area contributed by atoms with Crippen molar-refractivity contribution < 1.29 is 26.0 Å². The lowest BCUT2D eigenvalue weighted by molar-refractivity contribution is 0.0945. The van der Waals surface area contributed by atoms with Crippen LogP contribution in [0.15, 0.2) is 58.3 Å². The monoisotopic (exact) mass is 401 g/mol. The zero-order valence-corrected chi connectivity index (χ0v) is 15.4. The van der Waals surface area contributed by atoms with Crippen molar-refractivity contribution in [2.75, 3.05) is 14.1 Å². The molecule has 0 heterocycles. The van der Waals surface area contributed by atoms with Gasteiger partial charge in [-0.2, -0.15) is 0 Å². The van der Waals surface area contributed by atoms with Gasteiger partial charge in [0.25, 0.3) is 15.9 Å². The quantitative estimate of drug-likeness (QED) is 0.692. The third-order valence-electron chi connectivity index (χ3n) is 3.30. The Bertz CT molecular complexity index is 1040. The highest BCUT2D eigenvalue weighted by Crippen LogP contribution is 2.15. The molecule has 0 aliphatic heterocycles. The largest absolute Gasteiger partial charge is 0.273 e. The molecule has 2 N–H and O–H groups in total. The van der Waals surface area contributed by atoms with Gasteiger partial charge in [-0.15, -0.1) is 4.83 Å². The third kappa shape index (κ3) is 4.25. The summed E-state index contributed by atoms with van der Waals surface area (Å²) in [4.78, 5) is 13.1. The van der Waals surface area contributed by atoms with Crippen molar-refractivity contribution in [2.24, 2.45) is 0 Å². The maximum absolute atomic E-state index is 13.6. The summed E-state index contributed by atoms with van der Waals surface area (Å²) in [5.41, 5.74) is 1.83. The van der Waals surface area contributed by atoms with Crippen molar-refractivity contribution >= 4 is 26.0 Å². The minimum atomic E-state index is -4.33. The first-order chi connectivity index (χ1) is 12.1. The molecule has 0 unspecified atom stereocenters. The number of amides is 1. The van der Waals surface area contributed by atoms with Gasteiger partial charge in [0, 0.05) is 19.7 Å². The van der Waals surface area contributed by atoms with Gasteiger partial charge in [0.2, 0.25) is 10.0 Å². The molecule has 26 heavy (non-hydrogen) atoms. The molecule has 0 aliphatic carbocycles. The van der Waals surface area contributed by atoms with E-state index in [1.165, 1.54) is 44.4 Å². The molecule has 0 aromatic heterocycles. The Morgan fingerprint density at radius 3 is 2.27 bits per heavy atom. The van der Waals surface area contributed by atoms with Crippen LogP contribution in [-0.4, -0.2) is 41.1 Å². The lowest BCUT2D eigenvalue weighted by Crippen LogP contribution is -2.41. The number of hydrogen-bond donors (Lipinski definition) is 2. The number of nitrogens with zero attached hydrogens (tertiary/aromatic N) is 1. The van der Waals surface area contributed by atoms with E-state index in [0.717, 1.165) is 22.5 Å². The number of benzene rings is 2. The molecular formula is C15H16FN3O5S2. The van der Waals surface area contributed by atoms with Crippen LogP contribution in [0.25, 0.3) is 0 Å². The molecule has 0 radical (unpaired) electrons. The van der Waals surface area contributed by atoms with Crippen molar-refractivity contribution in [3.8, 4) is 0 Å². The molecule has 1 amide bonds. The maximum Gasteiger partial charge on any atom is 0.266 e. The molecular weight excluding hydrogens is 385 g/mol. The first-order valence-electron chi connectivity index (χ1n) is 7.15. The molecule has 8 nitrogen and oxygen atoms in total. The molecule has 2 rings (SSSR count). The van der Waals surface area contributed by atoms with E-state index < -0.39 is 36.7 Å². The lowest BCUT2D eigenvalue weighted by atomic mass is 10.2. The van der Waals surface area contributed by atoms with Crippen molar-refractivity contribution in [1.82, 2.24) is 14.6 Å². The number of rotatable bonds is 6. The fourth-order valence-electron chi connectivity index (χ4n) is 1.91. The van der Waals surface area contributed by atoms with Crippen LogP contribution in [0.4, 0.5) is 4.39 Å². The number of carbonyl (C=O) groups excluding carboxylic acids is 1. The van der Waals surface area contributed by atoms with E-state index in [-0.39, 0.29) is 10.5 Å². The molecule has 140 valence electrons. The van der Waals surface area contributed by atoms with Crippen LogP contribution in [0.5, 0.6) is 0 Å². The van der Waals surface area contributed by atoms with Gasteiger partial charge >= 0.3 is 0 Å². The SMILES string of the molecule is CN(C)S(=O)(=O)c1cccc(C(=O)NNS(=O)(=O)c2ccccc2F)c1. The number of nitrogens with one attached hydrogen (secondary N) is 2. The number of carbonyl (C=O) groups is 1. The van der Waals surface area contributed by atoms with Gasteiger partial charge < -0.3 is 0 Å². The highest BCUT2D eigenvalue weighted by Gasteiger charge is 2.21. The molecule has 0 bridgehead atoms. The van der Waals surface area contributed by atoms with Crippen LogP contribution >= 0.6 is 0 Å². The Morgan fingerprint density at radius 2 is 1.65 bits per heavy atom. The summed E-state index contributed by atoms with van der Waals surface area (Å²) in [5, 5.41) is 0. The van der Waals surface area contributed by atoms with Gasteiger partial charge in [0.05, 0.1) is 4.90 Å². The Labute approximate surface area is 150 Å². The topological polar surface area (TPSA) is 113 Å². The second-order valence-electron chi connectivity index (χ2n) is 5.31. The zero-order chi connectivity index (χ0) is 19.5. The molecule has 2 aromatic rings. The number of halogens is 1. The van der Waals surface area contributed by atoms with Crippen molar-refractivity contribution in [3.05, 3.63) is 59.9 Å². The van der Waals surface area contributed by atoms with Crippen LogP contribution < -0.4 is 10.3 Å². The van der Waals surface area contributed by atoms with E-state index in [1.807, 2.05) is 5.43 Å². The molecule has 0 aliphatic rings. The summed E-state index contributed by atoms with van der Waals surface area (Å²) in [6.45, 7) is 0. The van der Waals surface area contributed by atoms with Crippen molar-refractivity contribution in [3.63, 3.8) is 0 Å². The predicted molar refractivity (Wildman–Crippen MR) is 91.5 cm³/mol. The summed E-state index contributed by atoms with van der Waals surface area (Å²) in [5.74, 6) is -1.88. The van der Waals surface area contributed by atoms with Crippen molar-refractivity contribution in [2.45, 2.75) is 9.79 Å². The first kappa shape index (κ1) is 20.0. The van der Waals surface area contributed by atoms with E-state index in [9.17, 15) is 26.0 Å². The van der Waals surface area contributed by atoms with Gasteiger partial charge in [0.1, 0.15) is 10.7 Å². The van der Waals surface area contributed by atoms with Crippen LogP contribution in [0, 0.1) is 5.82 Å². The van der Waals surface area contributed by atoms with E-state index in [4.69, 9.17) is 0 Å². The standard InChI is InChI=1S/C15H16FN3O5S2/c1-19(2)26(23,24)12-7-5-6-11(10-12)15(20)17-18-25(21,22)14-9-4-3-8-13(14)16/h3-10,18H,1-2H3,(H,17,20). The van der Waals surface area contributed by atoms with Crippen LogP contribution in [0.3, 0.4) is 0 Å². The highest BCUT2D eigenvalue weighted by atomic mass is 32.2. The second-order valence-corrected chi connectivity index (χ2v) is 9.11.